The van der Waals surface area contributed by atoms with E-state index in [1.165, 1.54) is 42.5 Å². The predicted octanol–water partition coefficient (Wildman–Crippen LogP) is 1.64. The Balaban J connectivity index is 2.09. The monoisotopic (exact) mass is 376 g/mol. The number of aromatic amines is 1. The highest BCUT2D eigenvalue weighted by molar-refractivity contribution is 7.93. The van der Waals surface area contributed by atoms with Crippen molar-refractivity contribution in [2.45, 2.75) is 9.79 Å². The van der Waals surface area contributed by atoms with Crippen LogP contribution < -0.4 is 4.72 Å². The molecule has 0 amide bonds. The van der Waals surface area contributed by atoms with E-state index in [1.54, 1.807) is 0 Å². The fraction of sp³-hybridized carbons (Fsp3) is 0.0667. The van der Waals surface area contributed by atoms with Crippen LogP contribution in [0.1, 0.15) is 5.69 Å². The average molecular weight is 376 g/mol. The molecule has 0 aliphatic heterocycles. The van der Waals surface area contributed by atoms with Crippen LogP contribution in [0.2, 0.25) is 0 Å². The summed E-state index contributed by atoms with van der Waals surface area (Å²) in [5.41, 5.74) is 0.549. The molecule has 0 saturated heterocycles. The van der Waals surface area contributed by atoms with Gasteiger partial charge in [-0.25, -0.2) is 16.8 Å². The number of rotatable bonds is 4. The Morgan fingerprint density at radius 1 is 1.12 bits per heavy atom. The Morgan fingerprint density at radius 3 is 2.52 bits per heavy atom. The molecule has 8 nitrogen and oxygen atoms in total. The van der Waals surface area contributed by atoms with Crippen LogP contribution >= 0.6 is 0 Å². The fourth-order valence-electron chi connectivity index (χ4n) is 2.32. The first-order valence-corrected chi connectivity index (χ1v) is 10.3. The van der Waals surface area contributed by atoms with E-state index >= 15 is 0 Å². The van der Waals surface area contributed by atoms with Crippen molar-refractivity contribution in [1.82, 2.24) is 10.2 Å². The first-order chi connectivity index (χ1) is 11.7. The first-order valence-electron chi connectivity index (χ1n) is 6.92. The number of nitrogens with one attached hydrogen (secondary N) is 2. The van der Waals surface area contributed by atoms with Crippen LogP contribution in [-0.4, -0.2) is 33.3 Å². The molecule has 0 atom stereocenters. The number of sulfonamides is 1. The van der Waals surface area contributed by atoms with Crippen molar-refractivity contribution in [3.63, 3.8) is 0 Å². The highest BCUT2D eigenvalue weighted by Crippen LogP contribution is 2.26. The average Bonchev–Trinajstić information content (AvgIpc) is 2.96. The number of anilines is 1. The first kappa shape index (κ1) is 16.9. The number of nitriles is 1. The van der Waals surface area contributed by atoms with E-state index in [4.69, 9.17) is 5.26 Å². The Kier molecular flexibility index (Phi) is 3.98. The van der Waals surface area contributed by atoms with Crippen molar-refractivity contribution < 1.29 is 16.8 Å². The third kappa shape index (κ3) is 3.19. The molecule has 0 bridgehead atoms. The van der Waals surface area contributed by atoms with Crippen LogP contribution in [0, 0.1) is 11.3 Å². The molecule has 3 aromatic rings. The Hall–Kier alpha value is -2.90. The molecule has 0 unspecified atom stereocenters. The van der Waals surface area contributed by atoms with Gasteiger partial charge in [-0.1, -0.05) is 12.1 Å². The molecule has 0 aliphatic carbocycles. The van der Waals surface area contributed by atoms with Gasteiger partial charge in [-0.2, -0.15) is 10.4 Å². The summed E-state index contributed by atoms with van der Waals surface area (Å²) in [7, 11) is -7.67. The maximum atomic E-state index is 12.6. The number of sulfone groups is 1. The maximum Gasteiger partial charge on any atom is 0.261 e. The van der Waals surface area contributed by atoms with Gasteiger partial charge in [0.2, 0.25) is 0 Å². The molecule has 3 rings (SSSR count). The lowest BCUT2D eigenvalue weighted by Crippen LogP contribution is -2.15. The largest absolute Gasteiger partial charge is 0.278 e. The van der Waals surface area contributed by atoms with Crippen LogP contribution in [-0.2, 0) is 19.9 Å². The maximum absolute atomic E-state index is 12.6. The van der Waals surface area contributed by atoms with Gasteiger partial charge >= 0.3 is 0 Å². The minimum atomic E-state index is -4.06. The van der Waals surface area contributed by atoms with E-state index in [2.05, 4.69) is 14.9 Å². The van der Waals surface area contributed by atoms with Gasteiger partial charge in [-0.3, -0.25) is 9.82 Å². The molecule has 0 radical (unpaired) electrons. The molecule has 2 N–H and O–H groups in total. The molecule has 10 heteroatoms. The van der Waals surface area contributed by atoms with Gasteiger partial charge in [0.25, 0.3) is 10.0 Å². The third-order valence-corrected chi connectivity index (χ3v) is 6.00. The summed E-state index contributed by atoms with van der Waals surface area (Å²) in [5, 5.41) is 15.8. The number of nitrogens with zero attached hydrogens (tertiary/aromatic N) is 2. The number of para-hydroxylation sites is 1. The van der Waals surface area contributed by atoms with E-state index in [0.29, 0.717) is 10.9 Å². The van der Waals surface area contributed by atoms with Crippen LogP contribution in [0.4, 0.5) is 5.69 Å². The zero-order valence-electron chi connectivity index (χ0n) is 12.9. The molecular formula is C15H12N4O4S2. The predicted molar refractivity (Wildman–Crippen MR) is 91.2 cm³/mol. The van der Waals surface area contributed by atoms with Crippen LogP contribution in [0.5, 0.6) is 0 Å². The lowest BCUT2D eigenvalue weighted by Gasteiger charge is -2.11. The van der Waals surface area contributed by atoms with Gasteiger partial charge in [0.15, 0.2) is 15.5 Å². The van der Waals surface area contributed by atoms with E-state index in [1.807, 2.05) is 6.07 Å². The lowest BCUT2D eigenvalue weighted by molar-refractivity contribution is 0.601. The number of fused-ring (bicyclic) bond motifs is 1. The quantitative estimate of drug-likeness (QED) is 0.711. The van der Waals surface area contributed by atoms with E-state index in [0.717, 1.165) is 6.26 Å². The summed E-state index contributed by atoms with van der Waals surface area (Å²) in [6, 6.07) is 11.7. The Bertz CT molecular complexity index is 1220. The molecule has 1 heterocycles. The van der Waals surface area contributed by atoms with Crippen molar-refractivity contribution in [2.24, 2.45) is 0 Å². The molecule has 1 aromatic heterocycles. The zero-order chi connectivity index (χ0) is 18.2. The minimum absolute atomic E-state index is 0.0437. The molecule has 2 aromatic carbocycles. The molecule has 0 spiro atoms. The number of hydrogen-bond donors (Lipinski definition) is 2. The normalized spacial score (nSPS) is 12.0. The van der Waals surface area contributed by atoms with Gasteiger partial charge in [0.1, 0.15) is 6.07 Å². The van der Waals surface area contributed by atoms with Crippen molar-refractivity contribution in [2.75, 3.05) is 11.0 Å². The van der Waals surface area contributed by atoms with Crippen molar-refractivity contribution in [3.8, 4) is 6.07 Å². The van der Waals surface area contributed by atoms with Crippen LogP contribution in [0.15, 0.2) is 52.3 Å². The number of hydrogen-bond acceptors (Lipinski definition) is 6. The number of H-pyrrole nitrogens is 1. The van der Waals surface area contributed by atoms with Gasteiger partial charge in [-0.15, -0.1) is 0 Å². The standard InChI is InChI=1S/C15H12N4O4S2/c1-24(20,21)15-5-3-2-4-13(15)19-25(22,23)10-6-7-12-11(8-10)14(9-16)18-17-12/h2-8,19H,1H3,(H,17,18). The molecule has 0 aliphatic rings. The summed E-state index contributed by atoms with van der Waals surface area (Å²) >= 11 is 0. The van der Waals surface area contributed by atoms with E-state index in [9.17, 15) is 16.8 Å². The zero-order valence-corrected chi connectivity index (χ0v) is 14.5. The van der Waals surface area contributed by atoms with Crippen LogP contribution in [0.3, 0.4) is 0 Å². The summed E-state index contributed by atoms with van der Waals surface area (Å²) in [6.07, 6.45) is 0.997. The molecule has 0 fully saturated rings. The Morgan fingerprint density at radius 2 is 1.84 bits per heavy atom. The lowest BCUT2D eigenvalue weighted by atomic mass is 10.2. The summed E-state index contributed by atoms with van der Waals surface area (Å²) in [4.78, 5) is -0.234. The van der Waals surface area contributed by atoms with E-state index < -0.39 is 19.9 Å². The number of benzene rings is 2. The summed E-state index contributed by atoms with van der Waals surface area (Å²) < 4.78 is 51.2. The van der Waals surface area contributed by atoms with Gasteiger partial charge in [0, 0.05) is 11.6 Å². The van der Waals surface area contributed by atoms with Crippen molar-refractivity contribution >= 4 is 36.5 Å². The van der Waals surface area contributed by atoms with Gasteiger partial charge in [0.05, 0.1) is 21.0 Å². The molecular weight excluding hydrogens is 364 g/mol. The van der Waals surface area contributed by atoms with Gasteiger partial charge < -0.3 is 0 Å². The second-order valence-corrected chi connectivity index (χ2v) is 8.93. The van der Waals surface area contributed by atoms with Crippen molar-refractivity contribution in [3.05, 3.63) is 48.2 Å². The highest BCUT2D eigenvalue weighted by Gasteiger charge is 2.20. The van der Waals surface area contributed by atoms with Crippen LogP contribution in [0.25, 0.3) is 10.9 Å². The SMILES string of the molecule is CS(=O)(=O)c1ccccc1NS(=O)(=O)c1ccc2[nH]nc(C#N)c2c1. The molecule has 25 heavy (non-hydrogen) atoms. The van der Waals surface area contributed by atoms with Crippen molar-refractivity contribution in [1.29, 1.82) is 5.26 Å². The summed E-state index contributed by atoms with van der Waals surface area (Å²) in [5.74, 6) is 0. The fourth-order valence-corrected chi connectivity index (χ4v) is 4.34. The second-order valence-electron chi connectivity index (χ2n) is 5.27. The third-order valence-electron chi connectivity index (χ3n) is 3.48. The number of aromatic nitrogens is 2. The second kappa shape index (κ2) is 5.87. The molecule has 128 valence electrons. The molecule has 0 saturated carbocycles. The van der Waals surface area contributed by atoms with E-state index in [-0.39, 0.29) is 21.2 Å². The topological polar surface area (TPSA) is 133 Å². The Labute approximate surface area is 144 Å². The summed E-state index contributed by atoms with van der Waals surface area (Å²) in [6.45, 7) is 0. The highest BCUT2D eigenvalue weighted by atomic mass is 32.2. The smallest absolute Gasteiger partial charge is 0.261 e. The van der Waals surface area contributed by atoms with Gasteiger partial charge in [-0.05, 0) is 30.3 Å². The minimum Gasteiger partial charge on any atom is -0.278 e.